The molecule has 0 radical (unpaired) electrons. The predicted molar refractivity (Wildman–Crippen MR) is 127 cm³/mol. The highest BCUT2D eigenvalue weighted by atomic mass is 35.5. The Labute approximate surface area is 191 Å². The van der Waals surface area contributed by atoms with Gasteiger partial charge in [0.2, 0.25) is 5.82 Å². The second-order valence-electron chi connectivity index (χ2n) is 7.38. The third-order valence-electron chi connectivity index (χ3n) is 4.96. The fourth-order valence-corrected chi connectivity index (χ4v) is 3.41. The van der Waals surface area contributed by atoms with Crippen molar-refractivity contribution in [1.82, 2.24) is 14.8 Å². The average Bonchev–Trinajstić information content (AvgIpc) is 3.23. The molecular weight excluding hydrogens is 424 g/mol. The molecule has 0 aliphatic heterocycles. The van der Waals surface area contributed by atoms with Crippen LogP contribution in [0.1, 0.15) is 28.7 Å². The molecule has 1 aromatic heterocycles. The average molecular weight is 447 g/mol. The summed E-state index contributed by atoms with van der Waals surface area (Å²) >= 11 is 6.09. The molecule has 4 rings (SSSR count). The molecule has 6 nitrogen and oxygen atoms in total. The van der Waals surface area contributed by atoms with Crippen molar-refractivity contribution in [3.8, 4) is 22.8 Å². The Hall–Kier alpha value is -3.64. The highest BCUT2D eigenvalue weighted by Gasteiger charge is 2.19. The lowest BCUT2D eigenvalue weighted by Crippen LogP contribution is -2.15. The van der Waals surface area contributed by atoms with Crippen LogP contribution in [-0.2, 0) is 0 Å². The van der Waals surface area contributed by atoms with Gasteiger partial charge in [0.15, 0.2) is 5.82 Å². The molecule has 0 unspecified atom stereocenters. The van der Waals surface area contributed by atoms with E-state index in [1.807, 2.05) is 75.4 Å². The Bertz CT molecular complexity index is 1250. The second kappa shape index (κ2) is 9.24. The molecule has 0 aliphatic rings. The van der Waals surface area contributed by atoms with Crippen molar-refractivity contribution in [2.24, 2.45) is 0 Å². The maximum atomic E-state index is 13.0. The maximum absolute atomic E-state index is 13.0. The molecule has 0 bridgehead atoms. The van der Waals surface area contributed by atoms with Crippen LogP contribution < -0.4 is 10.1 Å². The first-order valence-electron chi connectivity index (χ1n) is 10.3. The predicted octanol–water partition coefficient (Wildman–Crippen LogP) is 5.86. The van der Waals surface area contributed by atoms with Crippen molar-refractivity contribution in [2.45, 2.75) is 20.8 Å². The molecule has 1 amide bonds. The number of hydrogen-bond acceptors (Lipinski definition) is 4. The minimum Gasteiger partial charge on any atom is -0.494 e. The van der Waals surface area contributed by atoms with Gasteiger partial charge in [0, 0.05) is 16.3 Å². The molecule has 7 heteroatoms. The number of hydrogen-bond donors (Lipinski definition) is 1. The summed E-state index contributed by atoms with van der Waals surface area (Å²) in [5.41, 5.74) is 4.28. The van der Waals surface area contributed by atoms with E-state index < -0.39 is 5.91 Å². The van der Waals surface area contributed by atoms with Crippen molar-refractivity contribution < 1.29 is 9.53 Å². The minimum absolute atomic E-state index is 0.0637. The number of nitrogens with zero attached hydrogens (tertiary/aromatic N) is 3. The van der Waals surface area contributed by atoms with Crippen molar-refractivity contribution in [3.05, 3.63) is 88.7 Å². The number of carbonyl (C=O) groups is 1. The summed E-state index contributed by atoms with van der Waals surface area (Å²) in [7, 11) is 0. The van der Waals surface area contributed by atoms with Crippen LogP contribution in [0.4, 0.5) is 5.69 Å². The minimum atomic E-state index is -0.409. The molecule has 4 aromatic rings. The SMILES string of the molecule is CCOc1ccc(-n2nc(C(=O)Nc3cc(Cl)ccc3C)nc2-c2ccc(C)cc2)cc1. The largest absolute Gasteiger partial charge is 0.494 e. The molecule has 1 heterocycles. The first kappa shape index (κ1) is 21.6. The monoisotopic (exact) mass is 446 g/mol. The van der Waals surface area contributed by atoms with Gasteiger partial charge >= 0.3 is 0 Å². The zero-order valence-electron chi connectivity index (χ0n) is 18.1. The van der Waals surface area contributed by atoms with Crippen molar-refractivity contribution in [1.29, 1.82) is 0 Å². The Morgan fingerprint density at radius 2 is 1.75 bits per heavy atom. The van der Waals surface area contributed by atoms with Gasteiger partial charge in [0.25, 0.3) is 5.91 Å². The molecule has 162 valence electrons. The molecule has 32 heavy (non-hydrogen) atoms. The van der Waals surface area contributed by atoms with Crippen LogP contribution in [0.5, 0.6) is 5.75 Å². The Morgan fingerprint density at radius 3 is 2.44 bits per heavy atom. The number of benzene rings is 3. The van der Waals surface area contributed by atoms with Crippen LogP contribution in [-0.4, -0.2) is 27.3 Å². The second-order valence-corrected chi connectivity index (χ2v) is 7.81. The van der Waals surface area contributed by atoms with E-state index in [4.69, 9.17) is 16.3 Å². The van der Waals surface area contributed by atoms with E-state index in [1.165, 1.54) is 0 Å². The smallest absolute Gasteiger partial charge is 0.295 e. The van der Waals surface area contributed by atoms with E-state index >= 15 is 0 Å². The Balaban J connectivity index is 1.74. The summed E-state index contributed by atoms with van der Waals surface area (Å²) in [4.78, 5) is 17.6. The number of rotatable bonds is 6. The molecule has 0 saturated carbocycles. The fraction of sp³-hybridized carbons (Fsp3) is 0.160. The number of anilines is 1. The van der Waals surface area contributed by atoms with Gasteiger partial charge in [-0.25, -0.2) is 9.67 Å². The first-order chi connectivity index (χ1) is 15.4. The third-order valence-corrected chi connectivity index (χ3v) is 5.20. The van der Waals surface area contributed by atoms with Crippen LogP contribution in [0.15, 0.2) is 66.7 Å². The van der Waals surface area contributed by atoms with Crippen LogP contribution in [0.2, 0.25) is 5.02 Å². The Morgan fingerprint density at radius 1 is 1.03 bits per heavy atom. The molecule has 0 spiro atoms. The van der Waals surface area contributed by atoms with Crippen LogP contribution in [0, 0.1) is 13.8 Å². The molecule has 0 aliphatic carbocycles. The van der Waals surface area contributed by atoms with Crippen molar-refractivity contribution in [2.75, 3.05) is 11.9 Å². The number of amides is 1. The normalized spacial score (nSPS) is 10.8. The summed E-state index contributed by atoms with van der Waals surface area (Å²) < 4.78 is 7.20. The standard InChI is InChI=1S/C25H23ClN4O2/c1-4-32-21-13-11-20(12-14-21)30-24(18-8-5-16(2)6-9-18)28-23(29-30)25(31)27-22-15-19(26)10-7-17(22)3/h5-15H,4H2,1-3H3,(H,27,31). The van der Waals surface area contributed by atoms with E-state index in [1.54, 1.807) is 16.8 Å². The van der Waals surface area contributed by atoms with Crippen molar-refractivity contribution in [3.63, 3.8) is 0 Å². The lowest BCUT2D eigenvalue weighted by Gasteiger charge is -2.08. The quantitative estimate of drug-likeness (QED) is 0.403. The molecular formula is C25H23ClN4O2. The summed E-state index contributed by atoms with van der Waals surface area (Å²) in [6.45, 7) is 6.45. The van der Waals surface area contributed by atoms with Gasteiger partial charge in [-0.05, 0) is 62.7 Å². The van der Waals surface area contributed by atoms with Gasteiger partial charge in [-0.3, -0.25) is 4.79 Å². The van der Waals surface area contributed by atoms with Crippen LogP contribution in [0.3, 0.4) is 0 Å². The molecule has 0 atom stereocenters. The van der Waals surface area contributed by atoms with E-state index in [0.717, 1.165) is 28.1 Å². The highest BCUT2D eigenvalue weighted by Crippen LogP contribution is 2.25. The number of nitrogens with one attached hydrogen (secondary N) is 1. The third kappa shape index (κ3) is 4.65. The molecule has 1 N–H and O–H groups in total. The number of aromatic nitrogens is 3. The number of aryl methyl sites for hydroxylation is 2. The number of halogens is 1. The summed E-state index contributed by atoms with van der Waals surface area (Å²) in [5.74, 6) is 0.993. The molecule has 0 saturated heterocycles. The van der Waals surface area contributed by atoms with E-state index in [9.17, 15) is 4.79 Å². The lowest BCUT2D eigenvalue weighted by molar-refractivity contribution is 0.101. The number of carbonyl (C=O) groups excluding carboxylic acids is 1. The lowest BCUT2D eigenvalue weighted by atomic mass is 10.1. The van der Waals surface area contributed by atoms with Gasteiger partial charge in [-0.1, -0.05) is 47.5 Å². The zero-order chi connectivity index (χ0) is 22.7. The summed E-state index contributed by atoms with van der Waals surface area (Å²) in [5, 5.41) is 7.93. The Kier molecular flexibility index (Phi) is 6.23. The molecule has 3 aromatic carbocycles. The number of ether oxygens (including phenoxy) is 1. The van der Waals surface area contributed by atoms with Crippen LogP contribution in [0.25, 0.3) is 17.1 Å². The fourth-order valence-electron chi connectivity index (χ4n) is 3.24. The van der Waals surface area contributed by atoms with Gasteiger partial charge in [-0.15, -0.1) is 5.10 Å². The van der Waals surface area contributed by atoms with Gasteiger partial charge in [0.05, 0.1) is 12.3 Å². The van der Waals surface area contributed by atoms with E-state index in [-0.39, 0.29) is 5.82 Å². The van der Waals surface area contributed by atoms with Crippen molar-refractivity contribution >= 4 is 23.2 Å². The molecule has 0 fully saturated rings. The van der Waals surface area contributed by atoms with Gasteiger partial charge < -0.3 is 10.1 Å². The summed E-state index contributed by atoms with van der Waals surface area (Å²) in [6, 6.07) is 20.8. The topological polar surface area (TPSA) is 69.0 Å². The van der Waals surface area contributed by atoms with E-state index in [2.05, 4.69) is 15.4 Å². The van der Waals surface area contributed by atoms with Gasteiger partial charge in [0.1, 0.15) is 5.75 Å². The van der Waals surface area contributed by atoms with Crippen LogP contribution >= 0.6 is 11.6 Å². The van der Waals surface area contributed by atoms with E-state index in [0.29, 0.717) is 23.1 Å². The first-order valence-corrected chi connectivity index (χ1v) is 10.7. The summed E-state index contributed by atoms with van der Waals surface area (Å²) in [6.07, 6.45) is 0. The highest BCUT2D eigenvalue weighted by molar-refractivity contribution is 6.31. The zero-order valence-corrected chi connectivity index (χ0v) is 18.8. The van der Waals surface area contributed by atoms with Gasteiger partial charge in [-0.2, -0.15) is 0 Å². The maximum Gasteiger partial charge on any atom is 0.295 e.